The second-order valence-electron chi connectivity index (χ2n) is 10.9. The Morgan fingerprint density at radius 2 is 2.03 bits per heavy atom. The number of hydrogen-bond donors (Lipinski definition) is 2. The molecule has 3 atom stereocenters. The second kappa shape index (κ2) is 11.2. The molecule has 2 aliphatic rings. The van der Waals surface area contributed by atoms with E-state index in [-0.39, 0.29) is 29.5 Å². The van der Waals surface area contributed by atoms with Crippen LogP contribution in [0.3, 0.4) is 0 Å². The van der Waals surface area contributed by atoms with Crippen molar-refractivity contribution in [3.63, 3.8) is 0 Å². The Morgan fingerprint density at radius 3 is 2.69 bits per heavy atom. The number of allylic oxidation sites excluding steroid dienone is 2. The molecular formula is C28H33F3N4O4. The van der Waals surface area contributed by atoms with Gasteiger partial charge < -0.3 is 24.7 Å². The van der Waals surface area contributed by atoms with Crippen molar-refractivity contribution in [1.29, 1.82) is 0 Å². The van der Waals surface area contributed by atoms with Crippen LogP contribution in [0.15, 0.2) is 59.0 Å². The van der Waals surface area contributed by atoms with Crippen molar-refractivity contribution in [2.45, 2.75) is 51.9 Å². The Hall–Kier alpha value is -3.76. The molecule has 2 heterocycles. The molecule has 2 N–H and O–H groups in total. The molecule has 1 aromatic carbocycles. The fourth-order valence-corrected chi connectivity index (χ4v) is 4.92. The van der Waals surface area contributed by atoms with Gasteiger partial charge in [0.2, 0.25) is 5.91 Å². The predicted octanol–water partition coefficient (Wildman–Crippen LogP) is 5.26. The number of aromatic nitrogens is 1. The SMILES string of the molecule is CC(CNC(=O)C1C=CC(c2cccc(OC(F)(F)F)c2)=C2CCN(C(=O)NC(C)(C)C)CC21)c1cnco1. The van der Waals surface area contributed by atoms with Crippen LogP contribution >= 0.6 is 0 Å². The maximum absolute atomic E-state index is 13.4. The predicted molar refractivity (Wildman–Crippen MR) is 139 cm³/mol. The molecule has 0 radical (unpaired) electrons. The lowest BCUT2D eigenvalue weighted by molar-refractivity contribution is -0.274. The first-order valence-electron chi connectivity index (χ1n) is 12.8. The van der Waals surface area contributed by atoms with Crippen molar-refractivity contribution < 1.29 is 31.9 Å². The average molecular weight is 547 g/mol. The Labute approximate surface area is 225 Å². The third-order valence-electron chi connectivity index (χ3n) is 6.74. The van der Waals surface area contributed by atoms with Crippen LogP contribution < -0.4 is 15.4 Å². The lowest BCUT2D eigenvalue weighted by atomic mass is 9.73. The summed E-state index contributed by atoms with van der Waals surface area (Å²) in [4.78, 5) is 32.0. The molecular weight excluding hydrogens is 513 g/mol. The molecule has 210 valence electrons. The summed E-state index contributed by atoms with van der Waals surface area (Å²) in [6.45, 7) is 8.63. The van der Waals surface area contributed by atoms with Gasteiger partial charge in [0, 0.05) is 37.0 Å². The van der Waals surface area contributed by atoms with Crippen LogP contribution in [0, 0.1) is 11.8 Å². The third-order valence-corrected chi connectivity index (χ3v) is 6.74. The Balaban J connectivity index is 1.60. The Bertz CT molecular complexity index is 1250. The van der Waals surface area contributed by atoms with Gasteiger partial charge in [-0.1, -0.05) is 36.8 Å². The molecule has 11 heteroatoms. The Kier molecular flexibility index (Phi) is 8.08. The lowest BCUT2D eigenvalue weighted by Crippen LogP contribution is -2.53. The highest BCUT2D eigenvalue weighted by Gasteiger charge is 2.39. The molecule has 1 aliphatic carbocycles. The fraction of sp³-hybridized carbons (Fsp3) is 0.464. The van der Waals surface area contributed by atoms with E-state index in [1.807, 2.05) is 27.7 Å². The van der Waals surface area contributed by atoms with Crippen LogP contribution in [0.4, 0.5) is 18.0 Å². The van der Waals surface area contributed by atoms with Crippen LogP contribution in [-0.4, -0.2) is 53.4 Å². The van der Waals surface area contributed by atoms with Crippen molar-refractivity contribution in [1.82, 2.24) is 20.5 Å². The van der Waals surface area contributed by atoms with Crippen LogP contribution in [-0.2, 0) is 4.79 Å². The summed E-state index contributed by atoms with van der Waals surface area (Å²) in [6, 6.07) is 5.58. The van der Waals surface area contributed by atoms with Gasteiger partial charge in [0.25, 0.3) is 0 Å². The van der Waals surface area contributed by atoms with E-state index in [1.54, 1.807) is 29.3 Å². The maximum Gasteiger partial charge on any atom is 0.573 e. The largest absolute Gasteiger partial charge is 0.573 e. The van der Waals surface area contributed by atoms with Gasteiger partial charge in [-0.15, -0.1) is 13.2 Å². The molecule has 2 aromatic rings. The van der Waals surface area contributed by atoms with E-state index in [0.717, 1.165) is 11.1 Å². The molecule has 39 heavy (non-hydrogen) atoms. The number of fused-ring (bicyclic) bond motifs is 1. The zero-order chi connectivity index (χ0) is 28.4. The molecule has 0 bridgehead atoms. The first kappa shape index (κ1) is 28.3. The molecule has 0 saturated carbocycles. The maximum atomic E-state index is 13.4. The van der Waals surface area contributed by atoms with Crippen LogP contribution in [0.1, 0.15) is 51.4 Å². The summed E-state index contributed by atoms with van der Waals surface area (Å²) in [6.07, 6.45) is 2.16. The molecule has 3 amide bonds. The molecule has 0 spiro atoms. The van der Waals surface area contributed by atoms with Crippen molar-refractivity contribution >= 4 is 17.5 Å². The third kappa shape index (κ3) is 7.21. The number of halogens is 3. The van der Waals surface area contributed by atoms with E-state index in [9.17, 15) is 22.8 Å². The van der Waals surface area contributed by atoms with E-state index < -0.39 is 17.8 Å². The quantitative estimate of drug-likeness (QED) is 0.515. The minimum absolute atomic E-state index is 0.0913. The minimum Gasteiger partial charge on any atom is -0.448 e. The van der Waals surface area contributed by atoms with Gasteiger partial charge in [-0.05, 0) is 50.5 Å². The number of carbonyl (C=O) groups is 2. The van der Waals surface area contributed by atoms with Crippen molar-refractivity contribution in [3.8, 4) is 5.75 Å². The number of benzene rings is 1. The number of ether oxygens (including phenoxy) is 1. The topological polar surface area (TPSA) is 96.7 Å². The molecule has 3 unspecified atom stereocenters. The van der Waals surface area contributed by atoms with E-state index >= 15 is 0 Å². The molecule has 1 aliphatic heterocycles. The number of rotatable bonds is 6. The van der Waals surface area contributed by atoms with Crippen molar-refractivity contribution in [3.05, 3.63) is 65.9 Å². The van der Waals surface area contributed by atoms with Crippen molar-refractivity contribution in [2.24, 2.45) is 11.8 Å². The number of oxazole rings is 1. The van der Waals surface area contributed by atoms with Crippen LogP contribution in [0.5, 0.6) is 5.75 Å². The van der Waals surface area contributed by atoms with Gasteiger partial charge in [-0.3, -0.25) is 4.79 Å². The van der Waals surface area contributed by atoms with Gasteiger partial charge in [0.05, 0.1) is 12.1 Å². The molecule has 4 rings (SSSR count). The highest BCUT2D eigenvalue weighted by molar-refractivity contribution is 5.87. The molecule has 1 saturated heterocycles. The molecule has 1 aromatic heterocycles. The summed E-state index contributed by atoms with van der Waals surface area (Å²) < 4.78 is 48.0. The van der Waals surface area contributed by atoms with Crippen molar-refractivity contribution in [2.75, 3.05) is 19.6 Å². The number of amides is 3. The fourth-order valence-electron chi connectivity index (χ4n) is 4.92. The molecule has 1 fully saturated rings. The van der Waals surface area contributed by atoms with Gasteiger partial charge in [-0.2, -0.15) is 0 Å². The number of urea groups is 1. The number of carbonyl (C=O) groups excluding carboxylic acids is 2. The first-order valence-corrected chi connectivity index (χ1v) is 12.8. The highest BCUT2D eigenvalue weighted by atomic mass is 19.4. The zero-order valence-corrected chi connectivity index (χ0v) is 22.3. The van der Waals surface area contributed by atoms with E-state index in [0.29, 0.717) is 37.4 Å². The smallest absolute Gasteiger partial charge is 0.448 e. The normalized spacial score (nSPS) is 20.3. The first-order chi connectivity index (χ1) is 18.3. The molecule has 8 nitrogen and oxygen atoms in total. The minimum atomic E-state index is -4.81. The number of likely N-dealkylation sites (tertiary alicyclic amines) is 1. The van der Waals surface area contributed by atoms with Gasteiger partial charge in [0.15, 0.2) is 6.39 Å². The number of nitrogens with zero attached hydrogens (tertiary/aromatic N) is 2. The number of hydrogen-bond acceptors (Lipinski definition) is 5. The summed E-state index contributed by atoms with van der Waals surface area (Å²) in [5, 5.41) is 5.95. The second-order valence-corrected chi connectivity index (χ2v) is 10.9. The van der Waals surface area contributed by atoms with Gasteiger partial charge >= 0.3 is 12.4 Å². The van der Waals surface area contributed by atoms with E-state index in [1.165, 1.54) is 24.6 Å². The monoisotopic (exact) mass is 546 g/mol. The zero-order valence-electron chi connectivity index (χ0n) is 22.3. The Morgan fingerprint density at radius 1 is 1.26 bits per heavy atom. The van der Waals surface area contributed by atoms with E-state index in [4.69, 9.17) is 4.42 Å². The number of piperidine rings is 1. The van der Waals surface area contributed by atoms with Crippen LogP contribution in [0.25, 0.3) is 5.57 Å². The summed E-state index contributed by atoms with van der Waals surface area (Å²) in [5.74, 6) is -0.872. The summed E-state index contributed by atoms with van der Waals surface area (Å²) in [7, 11) is 0. The summed E-state index contributed by atoms with van der Waals surface area (Å²) in [5.41, 5.74) is 1.78. The average Bonchev–Trinajstić information content (AvgIpc) is 3.39. The standard InChI is InChI=1S/C28H33F3N4O4/c1-17(24-14-32-16-38-24)13-33-25(36)22-9-8-20(18-6-5-7-19(12-18)39-28(29,30)31)21-10-11-35(15-23(21)22)26(37)34-27(2,3)4/h5-9,12,14,16-17,22-23H,10-11,13,15H2,1-4H3,(H,33,36)(H,34,37). The number of nitrogens with one attached hydrogen (secondary N) is 2. The number of alkyl halides is 3. The van der Waals surface area contributed by atoms with Gasteiger partial charge in [0.1, 0.15) is 11.5 Å². The van der Waals surface area contributed by atoms with Crippen LogP contribution in [0.2, 0.25) is 0 Å². The lowest BCUT2D eigenvalue weighted by Gasteiger charge is -2.41. The van der Waals surface area contributed by atoms with Gasteiger partial charge in [-0.25, -0.2) is 9.78 Å². The summed E-state index contributed by atoms with van der Waals surface area (Å²) >= 11 is 0. The van der Waals surface area contributed by atoms with E-state index in [2.05, 4.69) is 20.4 Å². The highest BCUT2D eigenvalue weighted by Crippen LogP contribution is 2.41.